The topological polar surface area (TPSA) is 35.5 Å². The molecule has 0 radical (unpaired) electrons. The Morgan fingerprint density at radius 3 is 2.33 bits per heavy atom. The minimum Gasteiger partial charge on any atom is -0.389 e. The first-order valence-electron chi connectivity index (χ1n) is 5.96. The van der Waals surface area contributed by atoms with Gasteiger partial charge in [0.2, 0.25) is 0 Å². The lowest BCUT2D eigenvalue weighted by molar-refractivity contribution is 0.0798. The van der Waals surface area contributed by atoms with Crippen LogP contribution in [0.15, 0.2) is 0 Å². The summed E-state index contributed by atoms with van der Waals surface area (Å²) in [6, 6.07) is 0.634. The lowest BCUT2D eigenvalue weighted by Gasteiger charge is -2.21. The van der Waals surface area contributed by atoms with Crippen molar-refractivity contribution >= 4 is 0 Å². The summed E-state index contributed by atoms with van der Waals surface area (Å²) in [5, 5.41) is 12.7. The molecule has 0 aliphatic rings. The van der Waals surface area contributed by atoms with Crippen LogP contribution >= 0.6 is 0 Å². The fourth-order valence-corrected chi connectivity index (χ4v) is 1.26. The van der Waals surface area contributed by atoms with Crippen molar-refractivity contribution in [3.63, 3.8) is 0 Å². The Hall–Kier alpha value is -0.120. The molecule has 0 aromatic heterocycles. The molecule has 0 saturated heterocycles. The van der Waals surface area contributed by atoms with E-state index in [-0.39, 0.29) is 0 Å². The van der Waals surface area contributed by atoms with Gasteiger partial charge in [-0.1, -0.05) is 0 Å². The number of unbranched alkanes of at least 4 members (excludes halogenated alkanes) is 1. The number of nitrogens with one attached hydrogen (secondary N) is 1. The maximum atomic E-state index is 9.46. The van der Waals surface area contributed by atoms with Gasteiger partial charge in [-0.05, 0) is 60.7 Å². The van der Waals surface area contributed by atoms with Gasteiger partial charge in [0, 0.05) is 12.6 Å². The van der Waals surface area contributed by atoms with Gasteiger partial charge < -0.3 is 15.3 Å². The number of nitrogens with zero attached hydrogens (tertiary/aromatic N) is 1. The molecular weight excluding hydrogens is 188 g/mol. The van der Waals surface area contributed by atoms with Crippen molar-refractivity contribution in [1.82, 2.24) is 10.2 Å². The van der Waals surface area contributed by atoms with E-state index in [1.54, 1.807) is 0 Å². The van der Waals surface area contributed by atoms with Crippen molar-refractivity contribution in [3.8, 4) is 0 Å². The maximum Gasteiger partial charge on any atom is 0.0715 e. The van der Waals surface area contributed by atoms with Crippen LogP contribution in [0.2, 0.25) is 0 Å². The fourth-order valence-electron chi connectivity index (χ4n) is 1.26. The van der Waals surface area contributed by atoms with E-state index < -0.39 is 5.60 Å². The van der Waals surface area contributed by atoms with E-state index in [1.165, 1.54) is 12.8 Å². The van der Waals surface area contributed by atoms with E-state index >= 15 is 0 Å². The smallest absolute Gasteiger partial charge is 0.0715 e. The van der Waals surface area contributed by atoms with Crippen molar-refractivity contribution < 1.29 is 5.11 Å². The van der Waals surface area contributed by atoms with Gasteiger partial charge >= 0.3 is 0 Å². The number of hydrogen-bond donors (Lipinski definition) is 2. The van der Waals surface area contributed by atoms with Crippen molar-refractivity contribution in [1.29, 1.82) is 0 Å². The zero-order chi connectivity index (χ0) is 11.9. The number of aliphatic hydroxyl groups is 1. The average molecular weight is 216 g/mol. The predicted octanol–water partition coefficient (Wildman–Crippen LogP) is 1.47. The molecule has 0 bridgehead atoms. The third-order valence-electron chi connectivity index (χ3n) is 2.55. The first-order chi connectivity index (χ1) is 6.83. The normalized spacial score (nSPS) is 12.8. The largest absolute Gasteiger partial charge is 0.389 e. The van der Waals surface area contributed by atoms with Gasteiger partial charge in [0.25, 0.3) is 0 Å². The second-order valence-corrected chi connectivity index (χ2v) is 5.27. The third-order valence-corrected chi connectivity index (χ3v) is 2.55. The van der Waals surface area contributed by atoms with E-state index in [9.17, 15) is 5.11 Å². The standard InChI is InChI=1S/C12H28N2O/c1-11(2)14(5)9-7-6-8-13-10-12(3,4)15/h11,13,15H,6-10H2,1-5H3. The summed E-state index contributed by atoms with van der Waals surface area (Å²) in [6.45, 7) is 10.9. The minimum absolute atomic E-state index is 0.589. The lowest BCUT2D eigenvalue weighted by atomic mass is 10.1. The summed E-state index contributed by atoms with van der Waals surface area (Å²) < 4.78 is 0. The molecule has 0 aromatic rings. The second-order valence-electron chi connectivity index (χ2n) is 5.27. The summed E-state index contributed by atoms with van der Waals surface area (Å²) in [5.74, 6) is 0. The molecule has 0 spiro atoms. The first-order valence-corrected chi connectivity index (χ1v) is 5.96. The van der Waals surface area contributed by atoms with Crippen molar-refractivity contribution in [2.24, 2.45) is 0 Å². The Bertz CT molecular complexity index is 152. The highest BCUT2D eigenvalue weighted by molar-refractivity contribution is 4.68. The highest BCUT2D eigenvalue weighted by Crippen LogP contribution is 1.99. The molecule has 0 amide bonds. The van der Waals surface area contributed by atoms with E-state index in [4.69, 9.17) is 0 Å². The Balaban J connectivity index is 3.26. The molecule has 0 rings (SSSR count). The van der Waals surface area contributed by atoms with Crippen LogP contribution in [-0.2, 0) is 0 Å². The van der Waals surface area contributed by atoms with E-state index in [0.29, 0.717) is 12.6 Å². The molecule has 0 unspecified atom stereocenters. The molecule has 0 atom stereocenters. The molecule has 0 saturated carbocycles. The van der Waals surface area contributed by atoms with Gasteiger partial charge in [-0.2, -0.15) is 0 Å². The Kier molecular flexibility index (Phi) is 7.14. The zero-order valence-corrected chi connectivity index (χ0v) is 11.0. The van der Waals surface area contributed by atoms with Crippen LogP contribution in [0, 0.1) is 0 Å². The van der Waals surface area contributed by atoms with Crippen molar-refractivity contribution in [2.75, 3.05) is 26.7 Å². The fraction of sp³-hybridized carbons (Fsp3) is 1.00. The molecule has 3 nitrogen and oxygen atoms in total. The van der Waals surface area contributed by atoms with Crippen LogP contribution in [0.3, 0.4) is 0 Å². The zero-order valence-electron chi connectivity index (χ0n) is 11.0. The molecule has 0 aliphatic heterocycles. The van der Waals surface area contributed by atoms with Crippen LogP contribution in [0.4, 0.5) is 0 Å². The van der Waals surface area contributed by atoms with E-state index in [2.05, 4.69) is 31.1 Å². The third kappa shape index (κ3) is 10.2. The quantitative estimate of drug-likeness (QED) is 0.603. The molecule has 0 aromatic carbocycles. The molecule has 3 heteroatoms. The Morgan fingerprint density at radius 1 is 1.27 bits per heavy atom. The number of rotatable bonds is 8. The Morgan fingerprint density at radius 2 is 1.87 bits per heavy atom. The van der Waals surface area contributed by atoms with Crippen LogP contribution in [-0.4, -0.2) is 48.3 Å². The molecule has 92 valence electrons. The summed E-state index contributed by atoms with van der Waals surface area (Å²) in [5.41, 5.74) is -0.589. The van der Waals surface area contributed by atoms with Gasteiger partial charge in [0.1, 0.15) is 0 Å². The average Bonchev–Trinajstić information content (AvgIpc) is 2.08. The maximum absolute atomic E-state index is 9.46. The van der Waals surface area contributed by atoms with Crippen molar-refractivity contribution in [3.05, 3.63) is 0 Å². The van der Waals surface area contributed by atoms with Crippen LogP contribution in [0.1, 0.15) is 40.5 Å². The van der Waals surface area contributed by atoms with Crippen LogP contribution in [0.5, 0.6) is 0 Å². The molecule has 0 aliphatic carbocycles. The van der Waals surface area contributed by atoms with Gasteiger partial charge in [0.05, 0.1) is 5.60 Å². The van der Waals surface area contributed by atoms with Crippen LogP contribution < -0.4 is 5.32 Å². The van der Waals surface area contributed by atoms with Crippen LogP contribution in [0.25, 0.3) is 0 Å². The highest BCUT2D eigenvalue weighted by atomic mass is 16.3. The second kappa shape index (κ2) is 7.20. The highest BCUT2D eigenvalue weighted by Gasteiger charge is 2.10. The van der Waals surface area contributed by atoms with Gasteiger partial charge in [0.15, 0.2) is 0 Å². The monoisotopic (exact) mass is 216 g/mol. The molecule has 2 N–H and O–H groups in total. The summed E-state index contributed by atoms with van der Waals surface area (Å²) in [4.78, 5) is 2.36. The Labute approximate surface area is 94.9 Å². The first kappa shape index (κ1) is 14.9. The molecule has 0 heterocycles. The number of hydrogen-bond acceptors (Lipinski definition) is 3. The summed E-state index contributed by atoms with van der Waals surface area (Å²) in [7, 11) is 2.16. The molecule has 0 fully saturated rings. The van der Waals surface area contributed by atoms with Gasteiger partial charge in [-0.15, -0.1) is 0 Å². The summed E-state index contributed by atoms with van der Waals surface area (Å²) >= 11 is 0. The van der Waals surface area contributed by atoms with Gasteiger partial charge in [-0.25, -0.2) is 0 Å². The molecule has 15 heavy (non-hydrogen) atoms. The van der Waals surface area contributed by atoms with Gasteiger partial charge in [-0.3, -0.25) is 0 Å². The molecular formula is C12H28N2O. The van der Waals surface area contributed by atoms with E-state index in [0.717, 1.165) is 13.1 Å². The SMILES string of the molecule is CC(C)N(C)CCCCNCC(C)(C)O. The predicted molar refractivity (Wildman–Crippen MR) is 66.2 cm³/mol. The minimum atomic E-state index is -0.589. The summed E-state index contributed by atoms with van der Waals surface area (Å²) in [6.07, 6.45) is 2.39. The van der Waals surface area contributed by atoms with E-state index in [1.807, 2.05) is 13.8 Å². The van der Waals surface area contributed by atoms with Crippen molar-refractivity contribution in [2.45, 2.75) is 52.2 Å². The lowest BCUT2D eigenvalue weighted by Crippen LogP contribution is -2.35.